The second kappa shape index (κ2) is 9.46. The SMILES string of the molecule is CCCCCCCCSc1ccc(CC(C)(C)O)cc1. The average molecular weight is 295 g/mol. The fraction of sp³-hybridized carbons (Fsp3) is 0.667. The Morgan fingerprint density at radius 2 is 1.55 bits per heavy atom. The second-order valence-electron chi connectivity index (χ2n) is 6.25. The smallest absolute Gasteiger partial charge is 0.0631 e. The predicted octanol–water partition coefficient (Wildman–Crippen LogP) is 5.45. The van der Waals surface area contributed by atoms with Crippen LogP contribution in [0.2, 0.25) is 0 Å². The first-order valence-electron chi connectivity index (χ1n) is 7.95. The summed E-state index contributed by atoms with van der Waals surface area (Å²) in [5.41, 5.74) is 0.592. The van der Waals surface area contributed by atoms with E-state index in [-0.39, 0.29) is 0 Å². The molecule has 0 aromatic heterocycles. The number of thioether (sulfide) groups is 1. The van der Waals surface area contributed by atoms with Crippen molar-refractivity contribution in [2.24, 2.45) is 0 Å². The molecule has 0 saturated carbocycles. The number of hydrogen-bond donors (Lipinski definition) is 1. The van der Waals surface area contributed by atoms with E-state index in [1.165, 1.54) is 54.7 Å². The lowest BCUT2D eigenvalue weighted by atomic mass is 9.99. The molecule has 0 saturated heterocycles. The molecule has 0 aliphatic rings. The molecule has 0 unspecified atom stereocenters. The lowest BCUT2D eigenvalue weighted by Crippen LogP contribution is -2.21. The minimum Gasteiger partial charge on any atom is -0.390 e. The van der Waals surface area contributed by atoms with Crippen molar-refractivity contribution in [2.45, 2.75) is 76.2 Å². The van der Waals surface area contributed by atoms with Crippen molar-refractivity contribution < 1.29 is 5.11 Å². The highest BCUT2D eigenvalue weighted by atomic mass is 32.2. The van der Waals surface area contributed by atoms with Gasteiger partial charge in [0.1, 0.15) is 0 Å². The summed E-state index contributed by atoms with van der Waals surface area (Å²) in [4.78, 5) is 1.35. The van der Waals surface area contributed by atoms with E-state index in [1.807, 2.05) is 25.6 Å². The van der Waals surface area contributed by atoms with Gasteiger partial charge in [-0.05, 0) is 43.7 Å². The number of rotatable bonds is 10. The summed E-state index contributed by atoms with van der Waals surface area (Å²) in [5, 5.41) is 9.80. The first-order chi connectivity index (χ1) is 9.51. The minimum atomic E-state index is -0.618. The van der Waals surface area contributed by atoms with E-state index < -0.39 is 5.60 Å². The summed E-state index contributed by atoms with van der Waals surface area (Å²) >= 11 is 1.95. The molecule has 1 nitrogen and oxygen atoms in total. The average Bonchev–Trinajstić information content (AvgIpc) is 2.38. The van der Waals surface area contributed by atoms with E-state index >= 15 is 0 Å². The van der Waals surface area contributed by atoms with Gasteiger partial charge in [0.2, 0.25) is 0 Å². The summed E-state index contributed by atoms with van der Waals surface area (Å²) in [7, 11) is 0. The van der Waals surface area contributed by atoms with Crippen molar-refractivity contribution in [3.63, 3.8) is 0 Å². The van der Waals surface area contributed by atoms with Crippen molar-refractivity contribution in [2.75, 3.05) is 5.75 Å². The van der Waals surface area contributed by atoms with Gasteiger partial charge in [0.25, 0.3) is 0 Å². The Balaban J connectivity index is 2.18. The molecule has 1 rings (SSSR count). The van der Waals surface area contributed by atoms with Crippen LogP contribution >= 0.6 is 11.8 Å². The molecule has 1 aromatic rings. The first kappa shape index (κ1) is 17.6. The maximum absolute atomic E-state index is 9.80. The third-order valence-electron chi connectivity index (χ3n) is 3.33. The van der Waals surface area contributed by atoms with Gasteiger partial charge in [-0.25, -0.2) is 0 Å². The van der Waals surface area contributed by atoms with E-state index in [1.54, 1.807) is 0 Å². The molecule has 0 fully saturated rings. The Morgan fingerprint density at radius 3 is 2.15 bits per heavy atom. The van der Waals surface area contributed by atoms with Crippen molar-refractivity contribution in [1.29, 1.82) is 0 Å². The van der Waals surface area contributed by atoms with E-state index in [0.29, 0.717) is 0 Å². The zero-order valence-corrected chi connectivity index (χ0v) is 14.1. The van der Waals surface area contributed by atoms with Crippen LogP contribution in [-0.2, 0) is 6.42 Å². The predicted molar refractivity (Wildman–Crippen MR) is 90.5 cm³/mol. The Kier molecular flexibility index (Phi) is 8.32. The van der Waals surface area contributed by atoms with Gasteiger partial charge in [-0.3, -0.25) is 0 Å². The number of benzene rings is 1. The third kappa shape index (κ3) is 8.65. The summed E-state index contributed by atoms with van der Waals surface area (Å²) in [5.74, 6) is 1.22. The van der Waals surface area contributed by atoms with Gasteiger partial charge in [0.05, 0.1) is 5.60 Å². The number of hydrogen-bond acceptors (Lipinski definition) is 2. The standard InChI is InChI=1S/C18H30OS/c1-4-5-6-7-8-9-14-20-17-12-10-16(11-13-17)15-18(2,3)19/h10-13,19H,4-9,14-15H2,1-3H3. The van der Waals surface area contributed by atoms with Crippen LogP contribution in [0.5, 0.6) is 0 Å². The van der Waals surface area contributed by atoms with Crippen LogP contribution in [0.1, 0.15) is 64.9 Å². The molecule has 1 N–H and O–H groups in total. The van der Waals surface area contributed by atoms with Crippen LogP contribution < -0.4 is 0 Å². The molecule has 20 heavy (non-hydrogen) atoms. The van der Waals surface area contributed by atoms with E-state index in [2.05, 4.69) is 31.2 Å². The summed E-state index contributed by atoms with van der Waals surface area (Å²) in [6.07, 6.45) is 8.90. The molecule has 0 amide bonds. The summed E-state index contributed by atoms with van der Waals surface area (Å²) < 4.78 is 0. The zero-order valence-electron chi connectivity index (χ0n) is 13.3. The highest BCUT2D eigenvalue weighted by Gasteiger charge is 2.12. The van der Waals surface area contributed by atoms with Crippen molar-refractivity contribution in [1.82, 2.24) is 0 Å². The molecule has 0 aliphatic heterocycles. The molecule has 0 bridgehead atoms. The van der Waals surface area contributed by atoms with Crippen LogP contribution in [0.25, 0.3) is 0 Å². The Labute approximate surface area is 129 Å². The van der Waals surface area contributed by atoms with Crippen molar-refractivity contribution >= 4 is 11.8 Å². The molecule has 2 heteroatoms. The van der Waals surface area contributed by atoms with Gasteiger partial charge in [-0.2, -0.15) is 0 Å². The molecular formula is C18H30OS. The van der Waals surface area contributed by atoms with E-state index in [9.17, 15) is 5.11 Å². The summed E-state index contributed by atoms with van der Waals surface area (Å²) in [6.45, 7) is 5.97. The molecular weight excluding hydrogens is 264 g/mol. The maximum atomic E-state index is 9.80. The topological polar surface area (TPSA) is 20.2 Å². The summed E-state index contributed by atoms with van der Waals surface area (Å²) in [6, 6.07) is 8.65. The molecule has 0 radical (unpaired) electrons. The molecule has 114 valence electrons. The normalized spacial score (nSPS) is 11.8. The lowest BCUT2D eigenvalue weighted by molar-refractivity contribution is 0.0810. The lowest BCUT2D eigenvalue weighted by Gasteiger charge is -2.17. The maximum Gasteiger partial charge on any atom is 0.0631 e. The fourth-order valence-electron chi connectivity index (χ4n) is 2.28. The monoisotopic (exact) mass is 294 g/mol. The number of unbranched alkanes of at least 4 members (excludes halogenated alkanes) is 5. The van der Waals surface area contributed by atoms with Gasteiger partial charge in [-0.1, -0.05) is 51.2 Å². The Bertz CT molecular complexity index is 351. The Morgan fingerprint density at radius 1 is 0.950 bits per heavy atom. The molecule has 0 atom stereocenters. The largest absolute Gasteiger partial charge is 0.390 e. The van der Waals surface area contributed by atoms with Crippen LogP contribution in [0.4, 0.5) is 0 Å². The van der Waals surface area contributed by atoms with Crippen LogP contribution in [0.15, 0.2) is 29.2 Å². The Hall–Kier alpha value is -0.470. The quantitative estimate of drug-likeness (QED) is 0.457. The molecule has 0 heterocycles. The van der Waals surface area contributed by atoms with Crippen LogP contribution in [0, 0.1) is 0 Å². The van der Waals surface area contributed by atoms with Gasteiger partial charge in [0.15, 0.2) is 0 Å². The van der Waals surface area contributed by atoms with Gasteiger partial charge >= 0.3 is 0 Å². The van der Waals surface area contributed by atoms with Crippen LogP contribution in [-0.4, -0.2) is 16.5 Å². The van der Waals surface area contributed by atoms with E-state index in [0.717, 1.165) is 6.42 Å². The van der Waals surface area contributed by atoms with Crippen molar-refractivity contribution in [3.8, 4) is 0 Å². The van der Waals surface area contributed by atoms with Gasteiger partial charge < -0.3 is 5.11 Å². The number of aliphatic hydroxyl groups is 1. The van der Waals surface area contributed by atoms with E-state index in [4.69, 9.17) is 0 Å². The minimum absolute atomic E-state index is 0.618. The van der Waals surface area contributed by atoms with Gasteiger partial charge in [-0.15, -0.1) is 11.8 Å². The van der Waals surface area contributed by atoms with Crippen molar-refractivity contribution in [3.05, 3.63) is 29.8 Å². The van der Waals surface area contributed by atoms with Crippen LogP contribution in [0.3, 0.4) is 0 Å². The molecule has 1 aromatic carbocycles. The highest BCUT2D eigenvalue weighted by Crippen LogP contribution is 2.22. The van der Waals surface area contributed by atoms with Gasteiger partial charge in [0, 0.05) is 11.3 Å². The fourth-order valence-corrected chi connectivity index (χ4v) is 3.19. The molecule has 0 spiro atoms. The molecule has 0 aliphatic carbocycles. The highest BCUT2D eigenvalue weighted by molar-refractivity contribution is 7.99. The third-order valence-corrected chi connectivity index (χ3v) is 4.43. The zero-order chi connectivity index (χ0) is 14.8. The first-order valence-corrected chi connectivity index (χ1v) is 8.94. The second-order valence-corrected chi connectivity index (χ2v) is 7.42.